The fourth-order valence-electron chi connectivity index (χ4n) is 5.45. The lowest BCUT2D eigenvalue weighted by Gasteiger charge is -2.18. The van der Waals surface area contributed by atoms with Crippen LogP contribution in [-0.2, 0) is 28.6 Å². The molecule has 0 aliphatic heterocycles. The van der Waals surface area contributed by atoms with Gasteiger partial charge in [0.2, 0.25) is 0 Å². The Morgan fingerprint density at radius 3 is 1.07 bits per heavy atom. The molecule has 0 aromatic heterocycles. The molecule has 0 aromatic rings. The Morgan fingerprint density at radius 2 is 0.661 bits per heavy atom. The second-order valence-electron chi connectivity index (χ2n) is 14.4. The molecule has 0 saturated heterocycles. The van der Waals surface area contributed by atoms with Crippen LogP contribution in [0.5, 0.6) is 0 Å². The highest BCUT2D eigenvalue weighted by Crippen LogP contribution is 2.11. The van der Waals surface area contributed by atoms with E-state index in [9.17, 15) is 14.4 Å². The first-order valence-corrected chi connectivity index (χ1v) is 22.8. The van der Waals surface area contributed by atoms with Gasteiger partial charge in [-0.05, 0) is 77.0 Å². The highest BCUT2D eigenvalue weighted by atomic mass is 16.6. The number of unbranched alkanes of at least 4 members (excludes halogenated alkanes) is 13. The Balaban J connectivity index is 4.59. The largest absolute Gasteiger partial charge is 0.462 e. The van der Waals surface area contributed by atoms with Gasteiger partial charge in [-0.3, -0.25) is 14.4 Å². The van der Waals surface area contributed by atoms with Crippen molar-refractivity contribution in [3.63, 3.8) is 0 Å². The molecule has 0 heterocycles. The molecule has 59 heavy (non-hydrogen) atoms. The van der Waals surface area contributed by atoms with Crippen molar-refractivity contribution in [2.75, 3.05) is 13.2 Å². The van der Waals surface area contributed by atoms with Gasteiger partial charge in [-0.2, -0.15) is 0 Å². The van der Waals surface area contributed by atoms with E-state index in [1.165, 1.54) is 12.8 Å². The number of carbonyl (C=O) groups excluding carboxylic acids is 3. The lowest BCUT2D eigenvalue weighted by atomic mass is 10.1. The van der Waals surface area contributed by atoms with E-state index in [0.29, 0.717) is 12.8 Å². The molecule has 0 aliphatic rings. The van der Waals surface area contributed by atoms with Crippen LogP contribution in [0, 0.1) is 0 Å². The normalized spacial score (nSPS) is 13.3. The van der Waals surface area contributed by atoms with E-state index >= 15 is 0 Å². The van der Waals surface area contributed by atoms with Crippen molar-refractivity contribution in [2.45, 2.75) is 168 Å². The van der Waals surface area contributed by atoms with Gasteiger partial charge in [0.25, 0.3) is 0 Å². The topological polar surface area (TPSA) is 78.9 Å². The Labute approximate surface area is 360 Å². The zero-order valence-electron chi connectivity index (χ0n) is 37.2. The molecule has 0 amide bonds. The Hall–Kier alpha value is -4.45. The van der Waals surface area contributed by atoms with Crippen LogP contribution < -0.4 is 0 Å². The lowest BCUT2D eigenvalue weighted by Crippen LogP contribution is -2.30. The Morgan fingerprint density at radius 1 is 0.356 bits per heavy atom. The maximum Gasteiger partial charge on any atom is 0.306 e. The standard InChI is InChI=1S/C53H80O6/c1-4-7-10-13-16-19-22-24-26-28-31-34-37-40-43-46-52(55)58-49-50(48-57-51(54)45-42-39-36-33-30-21-18-15-12-9-6-3)59-53(56)47-44-41-38-35-32-29-27-25-23-20-17-14-11-8-5-2/h7-8,10-11,13-28,30-31,50H,4-6,9,12,29,32-49H2,1-3H3/b10-7-,11-8-,16-13-,17-14-,18-15-,22-19-,23-20-,26-24-,27-25-,30-21-,31-28-. The van der Waals surface area contributed by atoms with E-state index < -0.39 is 6.10 Å². The average molecular weight is 813 g/mol. The van der Waals surface area contributed by atoms with E-state index in [-0.39, 0.29) is 37.5 Å². The first kappa shape index (κ1) is 54.6. The minimum atomic E-state index is -0.822. The summed E-state index contributed by atoms with van der Waals surface area (Å²) in [6.45, 7) is 6.18. The van der Waals surface area contributed by atoms with Gasteiger partial charge in [0.1, 0.15) is 13.2 Å². The second-order valence-corrected chi connectivity index (χ2v) is 14.4. The van der Waals surface area contributed by atoms with Gasteiger partial charge >= 0.3 is 17.9 Å². The number of ether oxygens (including phenoxy) is 3. The predicted octanol–water partition coefficient (Wildman–Crippen LogP) is 14.7. The Kier molecular flexibility index (Phi) is 42.8. The maximum absolute atomic E-state index is 12.7. The quantitative estimate of drug-likeness (QED) is 0.0267. The fourth-order valence-corrected chi connectivity index (χ4v) is 5.45. The van der Waals surface area contributed by atoms with E-state index in [2.05, 4.69) is 81.5 Å². The number of rotatable bonds is 38. The van der Waals surface area contributed by atoms with Gasteiger partial charge in [-0.1, -0.05) is 199 Å². The number of carbonyl (C=O) groups is 3. The SMILES string of the molecule is CC\C=C/C=C\C=C/C=C\C=C/CCCCCC(=O)OCC(COC(=O)CCCCC/C=C\C=C/CCCC)OC(=O)CCCCCCC\C=C/C=C\C=C/C=C\CC. The molecule has 0 saturated carbocycles. The van der Waals surface area contributed by atoms with E-state index in [1.54, 1.807) is 0 Å². The molecule has 0 radical (unpaired) electrons. The van der Waals surface area contributed by atoms with Crippen molar-refractivity contribution in [3.8, 4) is 0 Å². The molecule has 0 aromatic carbocycles. The summed E-state index contributed by atoms with van der Waals surface area (Å²) in [6, 6.07) is 0. The van der Waals surface area contributed by atoms with Crippen molar-refractivity contribution in [2.24, 2.45) is 0 Å². The molecule has 328 valence electrons. The number of hydrogen-bond acceptors (Lipinski definition) is 6. The van der Waals surface area contributed by atoms with Crippen LogP contribution in [0.3, 0.4) is 0 Å². The molecular formula is C53H80O6. The molecule has 6 heteroatoms. The second kappa shape index (κ2) is 46.2. The summed E-state index contributed by atoms with van der Waals surface area (Å²) in [5, 5.41) is 0. The molecule has 0 spiro atoms. The summed E-state index contributed by atoms with van der Waals surface area (Å²) in [4.78, 5) is 37.8. The van der Waals surface area contributed by atoms with Crippen LogP contribution in [0.1, 0.15) is 162 Å². The smallest absolute Gasteiger partial charge is 0.306 e. The molecule has 1 atom stereocenters. The third-order valence-electron chi connectivity index (χ3n) is 8.87. The van der Waals surface area contributed by atoms with E-state index in [1.807, 2.05) is 72.9 Å². The highest BCUT2D eigenvalue weighted by Gasteiger charge is 2.19. The average Bonchev–Trinajstić information content (AvgIpc) is 3.23. The predicted molar refractivity (Wildman–Crippen MR) is 251 cm³/mol. The molecule has 6 nitrogen and oxygen atoms in total. The van der Waals surface area contributed by atoms with Crippen LogP contribution in [0.15, 0.2) is 134 Å². The minimum absolute atomic E-state index is 0.122. The van der Waals surface area contributed by atoms with Gasteiger partial charge in [0.05, 0.1) is 0 Å². The summed E-state index contributed by atoms with van der Waals surface area (Å²) >= 11 is 0. The first-order chi connectivity index (χ1) is 29.0. The molecule has 0 rings (SSSR count). The summed E-state index contributed by atoms with van der Waals surface area (Å²) in [5.74, 6) is -1.03. The summed E-state index contributed by atoms with van der Waals surface area (Å²) in [5.41, 5.74) is 0. The van der Waals surface area contributed by atoms with Crippen molar-refractivity contribution in [3.05, 3.63) is 134 Å². The van der Waals surface area contributed by atoms with Gasteiger partial charge < -0.3 is 14.2 Å². The van der Waals surface area contributed by atoms with E-state index in [4.69, 9.17) is 14.2 Å². The fraction of sp³-hybridized carbons (Fsp3) is 0.528. The van der Waals surface area contributed by atoms with Crippen molar-refractivity contribution in [1.82, 2.24) is 0 Å². The van der Waals surface area contributed by atoms with Gasteiger partial charge in [-0.15, -0.1) is 0 Å². The van der Waals surface area contributed by atoms with Crippen molar-refractivity contribution in [1.29, 1.82) is 0 Å². The van der Waals surface area contributed by atoms with Gasteiger partial charge in [0, 0.05) is 19.3 Å². The molecular weight excluding hydrogens is 733 g/mol. The van der Waals surface area contributed by atoms with Crippen LogP contribution in [-0.4, -0.2) is 37.2 Å². The van der Waals surface area contributed by atoms with Crippen molar-refractivity contribution < 1.29 is 28.6 Å². The van der Waals surface area contributed by atoms with Crippen LogP contribution >= 0.6 is 0 Å². The molecule has 1 unspecified atom stereocenters. The third-order valence-corrected chi connectivity index (χ3v) is 8.87. The van der Waals surface area contributed by atoms with Crippen LogP contribution in [0.4, 0.5) is 0 Å². The molecule has 0 aliphatic carbocycles. The summed E-state index contributed by atoms with van der Waals surface area (Å²) in [6.07, 6.45) is 64.3. The number of esters is 3. The zero-order valence-corrected chi connectivity index (χ0v) is 37.2. The zero-order chi connectivity index (χ0) is 43.0. The third kappa shape index (κ3) is 44.5. The summed E-state index contributed by atoms with van der Waals surface area (Å²) in [7, 11) is 0. The first-order valence-electron chi connectivity index (χ1n) is 22.8. The molecule has 0 N–H and O–H groups in total. The van der Waals surface area contributed by atoms with Gasteiger partial charge in [-0.25, -0.2) is 0 Å². The highest BCUT2D eigenvalue weighted by molar-refractivity contribution is 5.71. The number of hydrogen-bond donors (Lipinski definition) is 0. The summed E-state index contributed by atoms with van der Waals surface area (Å²) < 4.78 is 16.6. The van der Waals surface area contributed by atoms with Crippen LogP contribution in [0.2, 0.25) is 0 Å². The maximum atomic E-state index is 12.7. The monoisotopic (exact) mass is 813 g/mol. The van der Waals surface area contributed by atoms with Gasteiger partial charge in [0.15, 0.2) is 6.10 Å². The minimum Gasteiger partial charge on any atom is -0.462 e. The van der Waals surface area contributed by atoms with Crippen LogP contribution in [0.25, 0.3) is 0 Å². The molecule has 0 fully saturated rings. The molecule has 0 bridgehead atoms. The van der Waals surface area contributed by atoms with Crippen molar-refractivity contribution >= 4 is 17.9 Å². The number of allylic oxidation sites excluding steroid dienone is 22. The Bertz CT molecular complexity index is 1350. The lowest BCUT2D eigenvalue weighted by molar-refractivity contribution is -0.167. The van der Waals surface area contributed by atoms with E-state index in [0.717, 1.165) is 109 Å².